The summed E-state index contributed by atoms with van der Waals surface area (Å²) in [6, 6.07) is 6.09. The maximum atomic E-state index is 12.0. The standard InChI is InChI=1S/C16H16N6O2S/c1-10-6-12-7-11(2-3-14(12)24-10)13-8-25-16(18-13)19-15(23)4-5-22-9-17-20-21-22/h2-3,7-10H,4-6H2,1H3,(H,18,19,23)/t10-/m1/s1. The van der Waals surface area contributed by atoms with E-state index < -0.39 is 0 Å². The number of aromatic nitrogens is 5. The predicted octanol–water partition coefficient (Wildman–Crippen LogP) is 2.15. The number of carbonyl (C=O) groups is 1. The Bertz CT molecular complexity index is 892. The van der Waals surface area contributed by atoms with Crippen LogP contribution >= 0.6 is 11.3 Å². The first kappa shape index (κ1) is 15.7. The van der Waals surface area contributed by atoms with Crippen LogP contribution in [0.3, 0.4) is 0 Å². The van der Waals surface area contributed by atoms with E-state index in [2.05, 4.69) is 38.8 Å². The number of thiazole rings is 1. The van der Waals surface area contributed by atoms with Crippen molar-refractivity contribution in [2.75, 3.05) is 5.32 Å². The minimum Gasteiger partial charge on any atom is -0.490 e. The van der Waals surface area contributed by atoms with Crippen molar-refractivity contribution in [3.05, 3.63) is 35.5 Å². The summed E-state index contributed by atoms with van der Waals surface area (Å²) in [5.41, 5.74) is 3.08. The smallest absolute Gasteiger partial charge is 0.228 e. The summed E-state index contributed by atoms with van der Waals surface area (Å²) in [6.45, 7) is 2.49. The molecule has 8 nitrogen and oxygen atoms in total. The number of hydrogen-bond acceptors (Lipinski definition) is 7. The Kier molecular flexibility index (Phi) is 4.14. The van der Waals surface area contributed by atoms with Crippen LogP contribution in [-0.2, 0) is 17.8 Å². The molecule has 2 aromatic heterocycles. The van der Waals surface area contributed by atoms with Gasteiger partial charge in [-0.2, -0.15) is 0 Å². The van der Waals surface area contributed by atoms with Crippen LogP contribution in [0, 0.1) is 0 Å². The number of rotatable bonds is 5. The average Bonchev–Trinajstić information content (AvgIpc) is 3.32. The Morgan fingerprint density at radius 1 is 1.48 bits per heavy atom. The second kappa shape index (κ2) is 6.60. The van der Waals surface area contributed by atoms with Crippen LogP contribution < -0.4 is 10.1 Å². The van der Waals surface area contributed by atoms with Gasteiger partial charge in [-0.3, -0.25) is 4.79 Å². The molecule has 1 N–H and O–H groups in total. The van der Waals surface area contributed by atoms with Crippen molar-refractivity contribution in [3.8, 4) is 17.0 Å². The maximum absolute atomic E-state index is 12.0. The second-order valence-electron chi connectivity index (χ2n) is 5.86. The van der Waals surface area contributed by atoms with Crippen molar-refractivity contribution >= 4 is 22.4 Å². The second-order valence-corrected chi connectivity index (χ2v) is 6.72. The van der Waals surface area contributed by atoms with Crippen LogP contribution in [0.1, 0.15) is 18.9 Å². The number of nitrogens with zero attached hydrogens (tertiary/aromatic N) is 5. The minimum atomic E-state index is -0.118. The van der Waals surface area contributed by atoms with Crippen molar-refractivity contribution in [3.63, 3.8) is 0 Å². The molecule has 0 spiro atoms. The van der Waals surface area contributed by atoms with Crippen LogP contribution in [0.2, 0.25) is 0 Å². The van der Waals surface area contributed by atoms with E-state index in [0.717, 1.165) is 23.4 Å². The average molecular weight is 356 g/mol. The van der Waals surface area contributed by atoms with Crippen LogP contribution in [0.5, 0.6) is 5.75 Å². The van der Waals surface area contributed by atoms with Gasteiger partial charge in [0.2, 0.25) is 5.91 Å². The molecule has 9 heteroatoms. The molecule has 1 atom stereocenters. The van der Waals surface area contributed by atoms with E-state index in [1.54, 1.807) is 0 Å². The lowest BCUT2D eigenvalue weighted by Gasteiger charge is -2.03. The molecule has 25 heavy (non-hydrogen) atoms. The van der Waals surface area contributed by atoms with Gasteiger partial charge >= 0.3 is 0 Å². The number of nitrogens with one attached hydrogen (secondary N) is 1. The molecule has 4 rings (SSSR count). The molecular formula is C16H16N6O2S. The number of ether oxygens (including phenoxy) is 1. The first-order chi connectivity index (χ1) is 12.2. The zero-order chi connectivity index (χ0) is 17.2. The van der Waals surface area contributed by atoms with Gasteiger partial charge in [-0.25, -0.2) is 9.67 Å². The van der Waals surface area contributed by atoms with Crippen LogP contribution in [-0.4, -0.2) is 37.2 Å². The molecule has 3 heterocycles. The topological polar surface area (TPSA) is 94.8 Å². The van der Waals surface area contributed by atoms with E-state index >= 15 is 0 Å². The third-order valence-electron chi connectivity index (χ3n) is 3.90. The fourth-order valence-electron chi connectivity index (χ4n) is 2.73. The zero-order valence-corrected chi connectivity index (χ0v) is 14.4. The maximum Gasteiger partial charge on any atom is 0.228 e. The monoisotopic (exact) mass is 356 g/mol. The van der Waals surface area contributed by atoms with Crippen molar-refractivity contribution in [2.45, 2.75) is 32.4 Å². The third-order valence-corrected chi connectivity index (χ3v) is 4.66. The largest absolute Gasteiger partial charge is 0.490 e. The molecule has 0 bridgehead atoms. The molecule has 1 aliphatic heterocycles. The van der Waals surface area contributed by atoms with Gasteiger partial charge in [-0.1, -0.05) is 0 Å². The lowest BCUT2D eigenvalue weighted by atomic mass is 10.1. The normalized spacial score (nSPS) is 15.6. The molecular weight excluding hydrogens is 340 g/mol. The molecule has 0 fully saturated rings. The summed E-state index contributed by atoms with van der Waals surface area (Å²) in [5, 5.41) is 16.1. The number of hydrogen-bond donors (Lipinski definition) is 1. The third kappa shape index (κ3) is 3.50. The van der Waals surface area contributed by atoms with Crippen molar-refractivity contribution in [2.24, 2.45) is 0 Å². The van der Waals surface area contributed by atoms with Gasteiger partial charge < -0.3 is 10.1 Å². The molecule has 0 radical (unpaired) electrons. The summed E-state index contributed by atoms with van der Waals surface area (Å²) in [7, 11) is 0. The predicted molar refractivity (Wildman–Crippen MR) is 92.4 cm³/mol. The summed E-state index contributed by atoms with van der Waals surface area (Å²) in [4.78, 5) is 16.5. The van der Waals surface area contributed by atoms with Gasteiger partial charge in [0.15, 0.2) is 5.13 Å². The Balaban J connectivity index is 1.40. The van der Waals surface area contributed by atoms with Gasteiger partial charge in [-0.05, 0) is 41.1 Å². The molecule has 0 aliphatic carbocycles. The SMILES string of the molecule is C[C@@H]1Cc2cc(-c3csc(NC(=O)CCn4cnnn4)n3)ccc2O1. The summed E-state index contributed by atoms with van der Waals surface area (Å²) >= 11 is 1.41. The number of fused-ring (bicyclic) bond motifs is 1. The van der Waals surface area contributed by atoms with Crippen LogP contribution in [0.25, 0.3) is 11.3 Å². The van der Waals surface area contributed by atoms with Crippen molar-refractivity contribution in [1.82, 2.24) is 25.2 Å². The van der Waals surface area contributed by atoms with Crippen molar-refractivity contribution < 1.29 is 9.53 Å². The van der Waals surface area contributed by atoms with E-state index in [1.807, 2.05) is 17.5 Å². The minimum absolute atomic E-state index is 0.118. The summed E-state index contributed by atoms with van der Waals surface area (Å²) in [5.74, 6) is 0.829. The van der Waals surface area contributed by atoms with Gasteiger partial charge in [0.25, 0.3) is 0 Å². The van der Waals surface area contributed by atoms with Gasteiger partial charge in [0, 0.05) is 23.8 Å². The van der Waals surface area contributed by atoms with Gasteiger partial charge in [0.05, 0.1) is 12.2 Å². The highest BCUT2D eigenvalue weighted by molar-refractivity contribution is 7.14. The zero-order valence-electron chi connectivity index (χ0n) is 13.5. The van der Waals surface area contributed by atoms with E-state index in [9.17, 15) is 4.79 Å². The number of carbonyl (C=O) groups excluding carboxylic acids is 1. The molecule has 1 aromatic carbocycles. The lowest BCUT2D eigenvalue weighted by Crippen LogP contribution is -2.14. The fourth-order valence-corrected chi connectivity index (χ4v) is 3.46. The highest BCUT2D eigenvalue weighted by Gasteiger charge is 2.19. The van der Waals surface area contributed by atoms with Gasteiger partial charge in [0.1, 0.15) is 18.2 Å². The number of anilines is 1. The van der Waals surface area contributed by atoms with Gasteiger partial charge in [-0.15, -0.1) is 16.4 Å². The highest BCUT2D eigenvalue weighted by Crippen LogP contribution is 2.33. The molecule has 1 amide bonds. The van der Waals surface area contributed by atoms with Crippen LogP contribution in [0.15, 0.2) is 29.9 Å². The van der Waals surface area contributed by atoms with Crippen LogP contribution in [0.4, 0.5) is 5.13 Å². The number of amides is 1. The fraction of sp³-hybridized carbons (Fsp3) is 0.312. The van der Waals surface area contributed by atoms with Crippen molar-refractivity contribution in [1.29, 1.82) is 0 Å². The number of tetrazole rings is 1. The Hall–Kier alpha value is -2.81. The highest BCUT2D eigenvalue weighted by atomic mass is 32.1. The lowest BCUT2D eigenvalue weighted by molar-refractivity contribution is -0.116. The van der Waals surface area contributed by atoms with E-state index in [-0.39, 0.29) is 18.4 Å². The Morgan fingerprint density at radius 2 is 2.40 bits per heavy atom. The molecule has 0 saturated heterocycles. The van der Waals surface area contributed by atoms with E-state index in [0.29, 0.717) is 11.7 Å². The molecule has 0 saturated carbocycles. The summed E-state index contributed by atoms with van der Waals surface area (Å²) in [6.07, 6.45) is 2.89. The molecule has 0 unspecified atom stereocenters. The van der Waals surface area contributed by atoms with E-state index in [1.165, 1.54) is 27.9 Å². The first-order valence-electron chi connectivity index (χ1n) is 7.93. The Labute approximate surface area is 147 Å². The summed E-state index contributed by atoms with van der Waals surface area (Å²) < 4.78 is 7.24. The quantitative estimate of drug-likeness (QED) is 0.753. The molecule has 1 aliphatic rings. The number of benzene rings is 1. The number of aryl methyl sites for hydroxylation is 1. The first-order valence-corrected chi connectivity index (χ1v) is 8.81. The molecule has 128 valence electrons. The molecule has 3 aromatic rings. The Morgan fingerprint density at radius 3 is 3.24 bits per heavy atom. The van der Waals surface area contributed by atoms with E-state index in [4.69, 9.17) is 4.74 Å².